The third-order valence-corrected chi connectivity index (χ3v) is 5.93. The molecule has 2 amide bonds. The van der Waals surface area contributed by atoms with Crippen molar-refractivity contribution in [3.05, 3.63) is 35.2 Å². The minimum absolute atomic E-state index is 0.0224. The van der Waals surface area contributed by atoms with Crippen LogP contribution in [0.4, 0.5) is 0 Å². The maximum absolute atomic E-state index is 13.0. The van der Waals surface area contributed by atoms with E-state index in [1.807, 2.05) is 22.8 Å². The van der Waals surface area contributed by atoms with Crippen LogP contribution in [0.5, 0.6) is 0 Å². The largest absolute Gasteiger partial charge is 0.375 e. The lowest BCUT2D eigenvalue weighted by Crippen LogP contribution is -2.59. The third kappa shape index (κ3) is 2.90. The number of nitrogens with one attached hydrogen (secondary N) is 1. The number of carbonyl (C=O) groups is 2. The number of aromatic nitrogens is 4. The molecule has 9 heteroatoms. The fraction of sp³-hybridized carbons (Fsp3) is 0.579. The highest BCUT2D eigenvalue weighted by Gasteiger charge is 2.49. The highest BCUT2D eigenvalue weighted by Crippen LogP contribution is 2.42. The molecule has 0 atom stereocenters. The van der Waals surface area contributed by atoms with Crippen LogP contribution in [0.3, 0.4) is 0 Å². The smallest absolute Gasteiger partial charge is 0.272 e. The van der Waals surface area contributed by atoms with Crippen LogP contribution >= 0.6 is 0 Å². The predicted octanol–water partition coefficient (Wildman–Crippen LogP) is 0.614. The van der Waals surface area contributed by atoms with Crippen molar-refractivity contribution in [3.8, 4) is 0 Å². The number of likely N-dealkylation sites (tertiary alicyclic amines) is 1. The number of rotatable bonds is 3. The number of methoxy groups -OCH3 is 1. The fourth-order valence-corrected chi connectivity index (χ4v) is 4.60. The molecule has 9 nitrogen and oxygen atoms in total. The van der Waals surface area contributed by atoms with Crippen LogP contribution in [0.2, 0.25) is 0 Å². The number of aromatic amines is 1. The summed E-state index contributed by atoms with van der Waals surface area (Å²) in [5.41, 5.74) is 2.95. The van der Waals surface area contributed by atoms with Crippen LogP contribution in [0.25, 0.3) is 0 Å². The molecule has 1 N–H and O–H groups in total. The number of nitrogens with zero attached hydrogens (tertiary/aromatic N) is 5. The number of aryl methyl sites for hydroxylation is 2. The lowest BCUT2D eigenvalue weighted by atomic mass is 9.78. The second-order valence-corrected chi connectivity index (χ2v) is 7.58. The predicted molar refractivity (Wildman–Crippen MR) is 101 cm³/mol. The van der Waals surface area contributed by atoms with E-state index in [2.05, 4.69) is 15.1 Å². The van der Waals surface area contributed by atoms with Gasteiger partial charge >= 0.3 is 0 Å². The van der Waals surface area contributed by atoms with Gasteiger partial charge in [-0.2, -0.15) is 5.10 Å². The topological polar surface area (TPSA) is 96.3 Å². The van der Waals surface area contributed by atoms with E-state index in [0.717, 1.165) is 23.5 Å². The molecule has 2 aromatic rings. The molecule has 0 aliphatic carbocycles. The van der Waals surface area contributed by atoms with E-state index >= 15 is 0 Å². The average molecular weight is 386 g/mol. The van der Waals surface area contributed by atoms with Gasteiger partial charge in [0.05, 0.1) is 23.3 Å². The van der Waals surface area contributed by atoms with Gasteiger partial charge in [0.1, 0.15) is 12.3 Å². The first kappa shape index (κ1) is 18.7. The average Bonchev–Trinajstić information content (AvgIpc) is 3.29. The summed E-state index contributed by atoms with van der Waals surface area (Å²) in [5.74, 6) is -0.0519. The van der Waals surface area contributed by atoms with E-state index in [4.69, 9.17) is 4.74 Å². The molecule has 2 aliphatic heterocycles. The SMILES string of the molecule is COCC(=O)N1CCc2[nH]cnc2C12CCN(C(=O)c1cc(C)nn1C)CC2. The van der Waals surface area contributed by atoms with Gasteiger partial charge < -0.3 is 19.5 Å². The molecule has 2 aliphatic rings. The molecule has 0 unspecified atom stereocenters. The van der Waals surface area contributed by atoms with E-state index in [1.165, 1.54) is 7.11 Å². The Bertz CT molecular complexity index is 893. The molecule has 4 rings (SSSR count). The number of imidazole rings is 1. The zero-order chi connectivity index (χ0) is 19.9. The number of H-pyrrole nitrogens is 1. The lowest BCUT2D eigenvalue weighted by molar-refractivity contribution is -0.145. The Labute approximate surface area is 163 Å². The van der Waals surface area contributed by atoms with Gasteiger partial charge in [-0.1, -0.05) is 0 Å². The van der Waals surface area contributed by atoms with Crippen LogP contribution in [-0.2, 0) is 28.5 Å². The van der Waals surface area contributed by atoms with Gasteiger partial charge in [0.2, 0.25) is 5.91 Å². The minimum atomic E-state index is -0.484. The Balaban J connectivity index is 1.59. The Hall–Kier alpha value is -2.68. The zero-order valence-corrected chi connectivity index (χ0v) is 16.6. The van der Waals surface area contributed by atoms with Gasteiger partial charge in [0.25, 0.3) is 5.91 Å². The first-order valence-electron chi connectivity index (χ1n) is 9.58. The van der Waals surface area contributed by atoms with Crippen molar-refractivity contribution in [1.82, 2.24) is 29.5 Å². The molecule has 0 aromatic carbocycles. The van der Waals surface area contributed by atoms with Gasteiger partial charge in [-0.25, -0.2) is 4.98 Å². The van der Waals surface area contributed by atoms with Crippen LogP contribution < -0.4 is 0 Å². The van der Waals surface area contributed by atoms with E-state index in [1.54, 1.807) is 18.1 Å². The summed E-state index contributed by atoms with van der Waals surface area (Å²) < 4.78 is 6.73. The first-order valence-corrected chi connectivity index (χ1v) is 9.58. The summed E-state index contributed by atoms with van der Waals surface area (Å²) in [6.45, 7) is 3.69. The van der Waals surface area contributed by atoms with Crippen molar-refractivity contribution in [2.24, 2.45) is 7.05 Å². The van der Waals surface area contributed by atoms with Gasteiger partial charge in [0.15, 0.2) is 0 Å². The quantitative estimate of drug-likeness (QED) is 0.834. The van der Waals surface area contributed by atoms with Crippen LogP contribution in [0.1, 0.15) is 40.4 Å². The molecular formula is C19H26N6O3. The summed E-state index contributed by atoms with van der Waals surface area (Å²) in [4.78, 5) is 37.3. The van der Waals surface area contributed by atoms with Crippen molar-refractivity contribution in [3.63, 3.8) is 0 Å². The number of ether oxygens (including phenoxy) is 1. The number of hydrogen-bond acceptors (Lipinski definition) is 5. The number of carbonyl (C=O) groups excluding carboxylic acids is 2. The second kappa shape index (κ2) is 7.05. The van der Waals surface area contributed by atoms with Crippen molar-refractivity contribution < 1.29 is 14.3 Å². The van der Waals surface area contributed by atoms with E-state index in [0.29, 0.717) is 38.2 Å². The molecule has 1 fully saturated rings. The Morgan fingerprint density at radius 2 is 2.04 bits per heavy atom. The van der Waals surface area contributed by atoms with Crippen molar-refractivity contribution >= 4 is 11.8 Å². The van der Waals surface area contributed by atoms with Gasteiger partial charge in [-0.05, 0) is 25.8 Å². The van der Waals surface area contributed by atoms with E-state index in [-0.39, 0.29) is 18.4 Å². The van der Waals surface area contributed by atoms with Crippen molar-refractivity contribution in [2.75, 3.05) is 33.4 Å². The molecule has 0 bridgehead atoms. The van der Waals surface area contributed by atoms with Crippen LogP contribution in [0, 0.1) is 6.92 Å². The molecule has 1 spiro atoms. The lowest BCUT2D eigenvalue weighted by Gasteiger charge is -2.50. The molecular weight excluding hydrogens is 360 g/mol. The normalized spacial score (nSPS) is 18.4. The van der Waals surface area contributed by atoms with Crippen LogP contribution in [0.15, 0.2) is 12.4 Å². The molecule has 2 aromatic heterocycles. The Kier molecular flexibility index (Phi) is 4.70. The fourth-order valence-electron chi connectivity index (χ4n) is 4.60. The molecule has 1 saturated heterocycles. The van der Waals surface area contributed by atoms with Crippen LogP contribution in [-0.4, -0.2) is 74.7 Å². The molecule has 4 heterocycles. The first-order chi connectivity index (χ1) is 13.5. The van der Waals surface area contributed by atoms with Crippen molar-refractivity contribution in [1.29, 1.82) is 0 Å². The minimum Gasteiger partial charge on any atom is -0.375 e. The molecule has 0 saturated carbocycles. The summed E-state index contributed by atoms with van der Waals surface area (Å²) in [6, 6.07) is 1.81. The molecule has 28 heavy (non-hydrogen) atoms. The standard InChI is InChI=1S/C19H26N6O3/c1-13-10-15(23(2)22-13)18(27)24-8-5-19(6-9-24)17-14(20-12-21-17)4-7-25(19)16(26)11-28-3/h10,12H,4-9,11H2,1-3H3,(H,20,21). The summed E-state index contributed by atoms with van der Waals surface area (Å²) in [5, 5.41) is 4.28. The van der Waals surface area contributed by atoms with Gasteiger partial charge in [-0.3, -0.25) is 14.3 Å². The Morgan fingerprint density at radius 3 is 2.68 bits per heavy atom. The molecule has 150 valence electrons. The van der Waals surface area contributed by atoms with Crippen molar-refractivity contribution in [2.45, 2.75) is 31.7 Å². The van der Waals surface area contributed by atoms with Gasteiger partial charge in [0, 0.05) is 45.9 Å². The Morgan fingerprint density at radius 1 is 1.29 bits per heavy atom. The zero-order valence-electron chi connectivity index (χ0n) is 16.6. The number of piperidine rings is 1. The molecule has 0 radical (unpaired) electrons. The summed E-state index contributed by atoms with van der Waals surface area (Å²) in [7, 11) is 3.32. The summed E-state index contributed by atoms with van der Waals surface area (Å²) >= 11 is 0. The monoisotopic (exact) mass is 386 g/mol. The third-order valence-electron chi connectivity index (χ3n) is 5.93. The van der Waals surface area contributed by atoms with E-state index < -0.39 is 5.54 Å². The number of fused-ring (bicyclic) bond motifs is 2. The maximum atomic E-state index is 13.0. The van der Waals surface area contributed by atoms with Gasteiger partial charge in [-0.15, -0.1) is 0 Å². The summed E-state index contributed by atoms with van der Waals surface area (Å²) in [6.07, 6.45) is 3.77. The van der Waals surface area contributed by atoms with E-state index in [9.17, 15) is 9.59 Å². The number of hydrogen-bond donors (Lipinski definition) is 1. The highest BCUT2D eigenvalue weighted by atomic mass is 16.5. The second-order valence-electron chi connectivity index (χ2n) is 7.58. The maximum Gasteiger partial charge on any atom is 0.272 e. The highest BCUT2D eigenvalue weighted by molar-refractivity contribution is 5.92. The number of amides is 2.